The number of ether oxygens (including phenoxy) is 3. The summed E-state index contributed by atoms with van der Waals surface area (Å²) in [6.45, 7) is 4.34. The maximum absolute atomic E-state index is 12.4. The van der Waals surface area contributed by atoms with Gasteiger partial charge in [0.05, 0.1) is 26.0 Å². The van der Waals surface area contributed by atoms with Gasteiger partial charge in [-0.25, -0.2) is 9.59 Å². The maximum atomic E-state index is 12.4. The molecular formula is C23H27NO8. The molecule has 0 amide bonds. The molecule has 2 N–H and O–H groups in total. The molecule has 32 heavy (non-hydrogen) atoms. The summed E-state index contributed by atoms with van der Waals surface area (Å²) in [5.41, 5.74) is 1.63. The number of carbonyl (C=O) groups is 2. The first-order valence-electron chi connectivity index (χ1n) is 10.4. The van der Waals surface area contributed by atoms with Crippen molar-refractivity contribution in [2.24, 2.45) is 5.92 Å². The topological polar surface area (TPSA) is 124 Å². The average molecular weight is 445 g/mol. The predicted molar refractivity (Wildman–Crippen MR) is 116 cm³/mol. The van der Waals surface area contributed by atoms with E-state index in [4.69, 9.17) is 19.3 Å². The Kier molecular flexibility index (Phi) is 7.19. The molecule has 0 saturated heterocycles. The van der Waals surface area contributed by atoms with Gasteiger partial charge in [-0.1, -0.05) is 13.8 Å². The number of aliphatic carboxylic acids is 1. The summed E-state index contributed by atoms with van der Waals surface area (Å²) in [5, 5.41) is 18.0. The number of nitrogens with zero attached hydrogens (tertiary/aromatic N) is 1. The van der Waals surface area contributed by atoms with Gasteiger partial charge in [-0.15, -0.1) is 0 Å². The van der Waals surface area contributed by atoms with E-state index in [0.29, 0.717) is 36.6 Å². The minimum atomic E-state index is -1.24. The highest BCUT2D eigenvalue weighted by molar-refractivity contribution is 5.88. The van der Waals surface area contributed by atoms with Crippen LogP contribution < -0.4 is 14.9 Å². The molecule has 2 heterocycles. The lowest BCUT2D eigenvalue weighted by Gasteiger charge is -2.33. The molecule has 0 bridgehead atoms. The summed E-state index contributed by atoms with van der Waals surface area (Å²) in [6, 6.07) is 5.03. The predicted octanol–water partition coefficient (Wildman–Crippen LogP) is 2.85. The number of aromatic carboxylic acids is 1. The number of fused-ring (bicyclic) bond motifs is 3. The van der Waals surface area contributed by atoms with Gasteiger partial charge < -0.3 is 29.0 Å². The first-order valence-corrected chi connectivity index (χ1v) is 10.4. The van der Waals surface area contributed by atoms with E-state index in [-0.39, 0.29) is 30.7 Å². The largest absolute Gasteiger partial charge is 0.493 e. The van der Waals surface area contributed by atoms with Gasteiger partial charge in [0, 0.05) is 30.3 Å². The standard InChI is InChI=1S/C23H27NO8/c1-13(2)17-7-14-8-21(32-6-4-5-31-12-22(26)27)20(30-3)9-15(14)18-10-19(25)16(23(28)29)11-24(17)18/h8-11,13,17H,4-7,12H2,1-3H3,(H,26,27)(H,28,29)/t17-/m0/s1. The van der Waals surface area contributed by atoms with Crippen LogP contribution in [-0.2, 0) is 16.0 Å². The van der Waals surface area contributed by atoms with Crippen molar-refractivity contribution in [3.8, 4) is 22.8 Å². The average Bonchev–Trinajstić information content (AvgIpc) is 2.74. The Morgan fingerprint density at radius 1 is 1.16 bits per heavy atom. The smallest absolute Gasteiger partial charge is 0.341 e. The van der Waals surface area contributed by atoms with Crippen LogP contribution >= 0.6 is 0 Å². The number of carboxylic acid groups (broad SMARTS) is 2. The van der Waals surface area contributed by atoms with Crippen molar-refractivity contribution in [2.75, 3.05) is 26.9 Å². The molecule has 2 aromatic rings. The number of aromatic nitrogens is 1. The summed E-state index contributed by atoms with van der Waals surface area (Å²) in [6.07, 6.45) is 2.59. The van der Waals surface area contributed by atoms with Crippen LogP contribution in [0.1, 0.15) is 42.2 Å². The van der Waals surface area contributed by atoms with Gasteiger partial charge in [-0.2, -0.15) is 0 Å². The summed E-state index contributed by atoms with van der Waals surface area (Å²) < 4.78 is 18.2. The molecule has 0 radical (unpaired) electrons. The lowest BCUT2D eigenvalue weighted by atomic mass is 9.87. The number of pyridine rings is 1. The fourth-order valence-electron chi connectivity index (χ4n) is 3.87. The molecule has 0 fully saturated rings. The quantitative estimate of drug-likeness (QED) is 0.535. The maximum Gasteiger partial charge on any atom is 0.341 e. The fraction of sp³-hybridized carbons (Fsp3) is 0.435. The number of hydrogen-bond acceptors (Lipinski definition) is 6. The van der Waals surface area contributed by atoms with Gasteiger partial charge in [-0.3, -0.25) is 4.79 Å². The van der Waals surface area contributed by atoms with E-state index in [1.165, 1.54) is 19.4 Å². The van der Waals surface area contributed by atoms with E-state index in [1.54, 1.807) is 6.07 Å². The molecular weight excluding hydrogens is 418 g/mol. The second-order valence-corrected chi connectivity index (χ2v) is 7.97. The Morgan fingerprint density at radius 2 is 1.91 bits per heavy atom. The summed E-state index contributed by atoms with van der Waals surface area (Å²) in [7, 11) is 1.52. The van der Waals surface area contributed by atoms with Crippen molar-refractivity contribution in [1.29, 1.82) is 0 Å². The van der Waals surface area contributed by atoms with Crippen molar-refractivity contribution in [3.63, 3.8) is 0 Å². The summed E-state index contributed by atoms with van der Waals surface area (Å²) in [5.74, 6) is -1.03. The van der Waals surface area contributed by atoms with Crippen molar-refractivity contribution >= 4 is 11.9 Å². The Bertz CT molecular complexity index is 1070. The minimum absolute atomic E-state index is 0.0261. The highest BCUT2D eigenvalue weighted by atomic mass is 16.5. The van der Waals surface area contributed by atoms with Crippen molar-refractivity contribution in [1.82, 2.24) is 4.57 Å². The molecule has 9 nitrogen and oxygen atoms in total. The zero-order valence-corrected chi connectivity index (χ0v) is 18.3. The van der Waals surface area contributed by atoms with Crippen LogP contribution in [0.2, 0.25) is 0 Å². The van der Waals surface area contributed by atoms with E-state index in [1.807, 2.05) is 10.6 Å². The zero-order valence-electron chi connectivity index (χ0n) is 18.3. The van der Waals surface area contributed by atoms with E-state index in [2.05, 4.69) is 13.8 Å². The van der Waals surface area contributed by atoms with Crippen LogP contribution in [0.3, 0.4) is 0 Å². The molecule has 0 aliphatic carbocycles. The van der Waals surface area contributed by atoms with Gasteiger partial charge in [0.1, 0.15) is 12.2 Å². The van der Waals surface area contributed by atoms with Gasteiger partial charge in [-0.05, 0) is 30.0 Å². The molecule has 1 aromatic heterocycles. The number of carboxylic acids is 2. The second kappa shape index (κ2) is 9.86. The van der Waals surface area contributed by atoms with E-state index in [9.17, 15) is 19.5 Å². The lowest BCUT2D eigenvalue weighted by Crippen LogP contribution is -2.28. The summed E-state index contributed by atoms with van der Waals surface area (Å²) >= 11 is 0. The Morgan fingerprint density at radius 3 is 2.53 bits per heavy atom. The molecule has 1 aromatic carbocycles. The highest BCUT2D eigenvalue weighted by Gasteiger charge is 2.29. The molecule has 9 heteroatoms. The van der Waals surface area contributed by atoms with Crippen LogP contribution in [0.4, 0.5) is 0 Å². The Labute approximate surface area is 185 Å². The molecule has 1 aliphatic heterocycles. The zero-order chi connectivity index (χ0) is 23.4. The molecule has 0 unspecified atom stereocenters. The number of methoxy groups -OCH3 is 1. The SMILES string of the molecule is COc1cc2c(cc1OCCCOCC(=O)O)C[C@@H](C(C)C)n1cc(C(=O)O)c(=O)cc1-2. The Hall–Kier alpha value is -3.33. The molecule has 1 atom stereocenters. The van der Waals surface area contributed by atoms with Crippen LogP contribution in [0.15, 0.2) is 29.2 Å². The first kappa shape index (κ1) is 23.3. The molecule has 1 aliphatic rings. The van der Waals surface area contributed by atoms with Gasteiger partial charge >= 0.3 is 11.9 Å². The van der Waals surface area contributed by atoms with E-state index >= 15 is 0 Å². The summed E-state index contributed by atoms with van der Waals surface area (Å²) in [4.78, 5) is 34.4. The Balaban J connectivity index is 1.92. The molecule has 0 spiro atoms. The van der Waals surface area contributed by atoms with Crippen molar-refractivity contribution < 1.29 is 34.0 Å². The lowest BCUT2D eigenvalue weighted by molar-refractivity contribution is -0.142. The first-order chi connectivity index (χ1) is 15.2. The fourth-order valence-corrected chi connectivity index (χ4v) is 3.87. The molecule has 3 rings (SSSR count). The molecule has 0 saturated carbocycles. The third-order valence-corrected chi connectivity index (χ3v) is 5.45. The van der Waals surface area contributed by atoms with Crippen molar-refractivity contribution in [3.05, 3.63) is 45.7 Å². The van der Waals surface area contributed by atoms with Gasteiger partial charge in [0.25, 0.3) is 0 Å². The van der Waals surface area contributed by atoms with Gasteiger partial charge in [0.2, 0.25) is 0 Å². The highest BCUT2D eigenvalue weighted by Crippen LogP contribution is 2.42. The number of hydrogen-bond donors (Lipinski definition) is 2. The van der Waals surface area contributed by atoms with Crippen LogP contribution in [0.25, 0.3) is 11.3 Å². The third-order valence-electron chi connectivity index (χ3n) is 5.45. The normalized spacial score (nSPS) is 14.6. The molecule has 172 valence electrons. The van der Waals surface area contributed by atoms with E-state index < -0.39 is 17.4 Å². The third kappa shape index (κ3) is 4.94. The van der Waals surface area contributed by atoms with Crippen LogP contribution in [0, 0.1) is 5.92 Å². The second-order valence-electron chi connectivity index (χ2n) is 7.97. The van der Waals surface area contributed by atoms with Crippen molar-refractivity contribution in [2.45, 2.75) is 32.7 Å². The van der Waals surface area contributed by atoms with Crippen LogP contribution in [-0.4, -0.2) is 53.6 Å². The minimum Gasteiger partial charge on any atom is -0.493 e. The monoisotopic (exact) mass is 445 g/mol. The van der Waals surface area contributed by atoms with E-state index in [0.717, 1.165) is 11.1 Å². The number of benzene rings is 1. The van der Waals surface area contributed by atoms with Gasteiger partial charge in [0.15, 0.2) is 16.9 Å². The van der Waals surface area contributed by atoms with Crippen LogP contribution in [0.5, 0.6) is 11.5 Å². The number of rotatable bonds is 10.